The van der Waals surface area contributed by atoms with Crippen LogP contribution in [0.15, 0.2) is 24.3 Å². The quantitative estimate of drug-likeness (QED) is 0.901. The third-order valence-electron chi connectivity index (χ3n) is 3.15. The Balaban J connectivity index is 2.54. The van der Waals surface area contributed by atoms with Crippen molar-refractivity contribution in [2.75, 3.05) is 0 Å². The predicted octanol–water partition coefficient (Wildman–Crippen LogP) is 2.33. The molecule has 0 spiro atoms. The molecule has 0 atom stereocenters. The minimum atomic E-state index is -0.836. The largest absolute Gasteiger partial charge is 0.481 e. The molecule has 0 aliphatic carbocycles. The minimum absolute atomic E-state index is 0.00120. The summed E-state index contributed by atoms with van der Waals surface area (Å²) in [4.78, 5) is 10.8. The van der Waals surface area contributed by atoms with Gasteiger partial charge in [0.25, 0.3) is 0 Å². The van der Waals surface area contributed by atoms with E-state index in [-0.39, 0.29) is 6.42 Å². The Morgan fingerprint density at radius 1 is 1.33 bits per heavy atom. The Morgan fingerprint density at radius 2 is 2.00 bits per heavy atom. The number of aliphatic carboxylic acids is 1. The number of rotatable bonds is 3. The molecule has 2 aromatic rings. The molecule has 0 radical (unpaired) electrons. The molecule has 0 bridgehead atoms. The molecule has 0 unspecified atom stereocenters. The molecule has 2 rings (SSSR count). The predicted molar refractivity (Wildman–Crippen MR) is 69.5 cm³/mol. The van der Waals surface area contributed by atoms with E-state index in [9.17, 15) is 4.79 Å². The van der Waals surface area contributed by atoms with E-state index in [2.05, 4.69) is 5.10 Å². The fraction of sp³-hybridized carbons (Fsp3) is 0.286. The van der Waals surface area contributed by atoms with Crippen LogP contribution in [0, 0.1) is 13.8 Å². The standard InChI is InChI=1S/C14H16N2O2/c1-9-6-4-5-7-11(9)14-10(2)12(8-13(17)18)16(3)15-14/h4-7H,8H2,1-3H3,(H,17,18). The molecule has 0 fully saturated rings. The van der Waals surface area contributed by atoms with Gasteiger partial charge in [0.05, 0.1) is 17.8 Å². The smallest absolute Gasteiger partial charge is 0.309 e. The summed E-state index contributed by atoms with van der Waals surface area (Å²) in [6, 6.07) is 7.98. The molecule has 1 aromatic heterocycles. The summed E-state index contributed by atoms with van der Waals surface area (Å²) in [6.07, 6.45) is 0.00120. The van der Waals surface area contributed by atoms with Crippen molar-refractivity contribution >= 4 is 5.97 Å². The van der Waals surface area contributed by atoms with Crippen molar-refractivity contribution in [2.24, 2.45) is 7.05 Å². The maximum absolute atomic E-state index is 10.8. The third kappa shape index (κ3) is 2.14. The number of hydrogen-bond acceptors (Lipinski definition) is 2. The van der Waals surface area contributed by atoms with E-state index < -0.39 is 5.97 Å². The Morgan fingerprint density at radius 3 is 2.61 bits per heavy atom. The van der Waals surface area contributed by atoms with Crippen molar-refractivity contribution in [3.8, 4) is 11.3 Å². The summed E-state index contributed by atoms with van der Waals surface area (Å²) >= 11 is 0. The molecule has 1 heterocycles. The number of carboxylic acids is 1. The molecular formula is C14H16N2O2. The van der Waals surface area contributed by atoms with Gasteiger partial charge in [0, 0.05) is 12.6 Å². The molecule has 18 heavy (non-hydrogen) atoms. The third-order valence-corrected chi connectivity index (χ3v) is 3.15. The van der Waals surface area contributed by atoms with Crippen molar-refractivity contribution in [3.05, 3.63) is 41.1 Å². The van der Waals surface area contributed by atoms with E-state index in [1.807, 2.05) is 38.1 Å². The first-order valence-corrected chi connectivity index (χ1v) is 5.81. The highest BCUT2D eigenvalue weighted by Crippen LogP contribution is 2.27. The number of aromatic nitrogens is 2. The second kappa shape index (κ2) is 4.64. The molecule has 0 saturated heterocycles. The zero-order chi connectivity index (χ0) is 13.3. The first-order valence-electron chi connectivity index (χ1n) is 5.81. The van der Waals surface area contributed by atoms with Crippen molar-refractivity contribution in [3.63, 3.8) is 0 Å². The van der Waals surface area contributed by atoms with Gasteiger partial charge in [0.1, 0.15) is 0 Å². The van der Waals surface area contributed by atoms with Crippen LogP contribution in [0.1, 0.15) is 16.8 Å². The monoisotopic (exact) mass is 244 g/mol. The zero-order valence-electron chi connectivity index (χ0n) is 10.8. The van der Waals surface area contributed by atoms with E-state index in [1.165, 1.54) is 0 Å². The van der Waals surface area contributed by atoms with Crippen LogP contribution in [0.3, 0.4) is 0 Å². The van der Waals surface area contributed by atoms with Crippen molar-refractivity contribution in [2.45, 2.75) is 20.3 Å². The highest BCUT2D eigenvalue weighted by Gasteiger charge is 2.16. The number of carboxylic acid groups (broad SMARTS) is 1. The molecule has 0 aliphatic heterocycles. The summed E-state index contributed by atoms with van der Waals surface area (Å²) in [7, 11) is 1.78. The maximum Gasteiger partial charge on any atom is 0.309 e. The number of hydrogen-bond donors (Lipinski definition) is 1. The van der Waals surface area contributed by atoms with Gasteiger partial charge in [-0.15, -0.1) is 0 Å². The van der Waals surface area contributed by atoms with Crippen LogP contribution >= 0.6 is 0 Å². The van der Waals surface area contributed by atoms with E-state index >= 15 is 0 Å². The molecule has 0 amide bonds. The van der Waals surface area contributed by atoms with Crippen LogP contribution in [-0.4, -0.2) is 20.9 Å². The number of aryl methyl sites for hydroxylation is 2. The van der Waals surface area contributed by atoms with Gasteiger partial charge in [-0.1, -0.05) is 24.3 Å². The summed E-state index contributed by atoms with van der Waals surface area (Å²) in [6.45, 7) is 3.95. The highest BCUT2D eigenvalue weighted by atomic mass is 16.4. The summed E-state index contributed by atoms with van der Waals surface area (Å²) in [5.74, 6) is -0.836. The zero-order valence-corrected chi connectivity index (χ0v) is 10.8. The van der Waals surface area contributed by atoms with Crippen LogP contribution in [0.25, 0.3) is 11.3 Å². The van der Waals surface area contributed by atoms with Crippen molar-refractivity contribution in [1.29, 1.82) is 0 Å². The lowest BCUT2D eigenvalue weighted by molar-refractivity contribution is -0.136. The fourth-order valence-electron chi connectivity index (χ4n) is 2.15. The average molecular weight is 244 g/mol. The van der Waals surface area contributed by atoms with Crippen LogP contribution < -0.4 is 0 Å². The fourth-order valence-corrected chi connectivity index (χ4v) is 2.15. The normalized spacial score (nSPS) is 10.6. The lowest BCUT2D eigenvalue weighted by Crippen LogP contribution is -2.06. The Kier molecular flexibility index (Phi) is 3.19. The lowest BCUT2D eigenvalue weighted by atomic mass is 10.0. The number of benzene rings is 1. The molecule has 0 aliphatic rings. The molecular weight excluding hydrogens is 228 g/mol. The first-order chi connectivity index (χ1) is 8.50. The second-order valence-electron chi connectivity index (χ2n) is 4.43. The SMILES string of the molecule is Cc1ccccc1-c1nn(C)c(CC(=O)O)c1C. The molecule has 4 heteroatoms. The van der Waals surface area contributed by atoms with Gasteiger partial charge in [0.2, 0.25) is 0 Å². The van der Waals surface area contributed by atoms with Crippen LogP contribution in [0.2, 0.25) is 0 Å². The van der Waals surface area contributed by atoms with E-state index in [0.29, 0.717) is 0 Å². The van der Waals surface area contributed by atoms with Gasteiger partial charge in [-0.25, -0.2) is 0 Å². The topological polar surface area (TPSA) is 55.1 Å². The first kappa shape index (κ1) is 12.4. The molecule has 1 aromatic carbocycles. The van der Waals surface area contributed by atoms with E-state index in [0.717, 1.165) is 28.1 Å². The Labute approximate surface area is 106 Å². The van der Waals surface area contributed by atoms with Gasteiger partial charge >= 0.3 is 5.97 Å². The van der Waals surface area contributed by atoms with E-state index in [1.54, 1.807) is 11.7 Å². The molecule has 0 saturated carbocycles. The maximum atomic E-state index is 10.8. The molecule has 1 N–H and O–H groups in total. The molecule has 4 nitrogen and oxygen atoms in total. The van der Waals surface area contributed by atoms with E-state index in [4.69, 9.17) is 5.11 Å². The van der Waals surface area contributed by atoms with Crippen molar-refractivity contribution in [1.82, 2.24) is 9.78 Å². The van der Waals surface area contributed by atoms with Crippen LogP contribution in [-0.2, 0) is 18.3 Å². The van der Waals surface area contributed by atoms with Crippen molar-refractivity contribution < 1.29 is 9.90 Å². The highest BCUT2D eigenvalue weighted by molar-refractivity contribution is 5.73. The molecule has 94 valence electrons. The summed E-state index contributed by atoms with van der Waals surface area (Å²) < 4.78 is 1.66. The van der Waals surface area contributed by atoms with Gasteiger partial charge in [-0.3, -0.25) is 9.48 Å². The van der Waals surface area contributed by atoms with Crippen LogP contribution in [0.4, 0.5) is 0 Å². The van der Waals surface area contributed by atoms with Gasteiger partial charge < -0.3 is 5.11 Å². The lowest BCUT2D eigenvalue weighted by Gasteiger charge is -2.03. The number of carbonyl (C=O) groups is 1. The van der Waals surface area contributed by atoms with Gasteiger partial charge in [0.15, 0.2) is 0 Å². The van der Waals surface area contributed by atoms with Gasteiger partial charge in [-0.05, 0) is 25.0 Å². The number of nitrogens with zero attached hydrogens (tertiary/aromatic N) is 2. The second-order valence-corrected chi connectivity index (χ2v) is 4.43. The summed E-state index contributed by atoms with van der Waals surface area (Å²) in [5, 5.41) is 13.4. The minimum Gasteiger partial charge on any atom is -0.481 e. The van der Waals surface area contributed by atoms with Gasteiger partial charge in [-0.2, -0.15) is 5.10 Å². The average Bonchev–Trinajstić information content (AvgIpc) is 2.57. The summed E-state index contributed by atoms with van der Waals surface area (Å²) in [5.41, 5.74) is 4.75. The van der Waals surface area contributed by atoms with Crippen LogP contribution in [0.5, 0.6) is 0 Å². The Hall–Kier alpha value is -2.10. The Bertz CT molecular complexity index is 600.